The van der Waals surface area contributed by atoms with Gasteiger partial charge in [-0.25, -0.2) is 0 Å². The lowest BCUT2D eigenvalue weighted by atomic mass is 10.0. The van der Waals surface area contributed by atoms with Crippen LogP contribution >= 0.6 is 11.6 Å². The topological polar surface area (TPSA) is 71.5 Å². The summed E-state index contributed by atoms with van der Waals surface area (Å²) >= 11 is 6.02. The molecule has 0 bridgehead atoms. The van der Waals surface area contributed by atoms with E-state index in [4.69, 9.17) is 16.3 Å². The first-order valence-corrected chi connectivity index (χ1v) is 10.6. The van der Waals surface area contributed by atoms with Crippen LogP contribution in [-0.4, -0.2) is 27.8 Å². The van der Waals surface area contributed by atoms with Crippen molar-refractivity contribution in [3.8, 4) is 5.75 Å². The molecule has 2 heterocycles. The third kappa shape index (κ3) is 4.65. The summed E-state index contributed by atoms with van der Waals surface area (Å²) in [5.41, 5.74) is 2.64. The van der Waals surface area contributed by atoms with Crippen LogP contribution in [0.25, 0.3) is 5.57 Å². The van der Waals surface area contributed by atoms with Crippen LogP contribution in [0.4, 0.5) is 5.69 Å². The number of halogens is 1. The van der Waals surface area contributed by atoms with Crippen molar-refractivity contribution in [2.45, 2.75) is 26.5 Å². The highest BCUT2D eigenvalue weighted by molar-refractivity contribution is 6.36. The number of amides is 2. The molecule has 0 atom stereocenters. The highest BCUT2D eigenvalue weighted by Crippen LogP contribution is 2.32. The Balaban J connectivity index is 1.68. The van der Waals surface area contributed by atoms with Crippen LogP contribution < -0.4 is 10.1 Å². The monoisotopic (exact) mass is 447 g/mol. The summed E-state index contributed by atoms with van der Waals surface area (Å²) < 4.78 is 5.68. The van der Waals surface area contributed by atoms with Crippen LogP contribution in [0.5, 0.6) is 5.75 Å². The maximum atomic E-state index is 13.3. The minimum absolute atomic E-state index is 0.0591. The molecule has 7 heteroatoms. The van der Waals surface area contributed by atoms with Crippen molar-refractivity contribution in [3.63, 3.8) is 0 Å². The molecule has 0 saturated heterocycles. The number of aromatic nitrogens is 1. The Morgan fingerprint density at radius 1 is 0.938 bits per heavy atom. The van der Waals surface area contributed by atoms with Crippen LogP contribution in [0.15, 0.2) is 78.8 Å². The van der Waals surface area contributed by atoms with Crippen molar-refractivity contribution in [2.75, 3.05) is 5.32 Å². The summed E-state index contributed by atoms with van der Waals surface area (Å²) in [6, 6.07) is 17.7. The number of carbonyl (C=O) groups excluding carboxylic acids is 2. The van der Waals surface area contributed by atoms with E-state index in [-0.39, 0.29) is 30.2 Å². The molecule has 32 heavy (non-hydrogen) atoms. The third-order valence-corrected chi connectivity index (χ3v) is 5.14. The van der Waals surface area contributed by atoms with Crippen LogP contribution in [0, 0.1) is 0 Å². The molecule has 0 unspecified atom stereocenters. The van der Waals surface area contributed by atoms with E-state index >= 15 is 0 Å². The summed E-state index contributed by atoms with van der Waals surface area (Å²) in [5.74, 6) is -0.0266. The van der Waals surface area contributed by atoms with Crippen LogP contribution in [0.3, 0.4) is 0 Å². The molecule has 1 aromatic heterocycles. The van der Waals surface area contributed by atoms with Gasteiger partial charge in [-0.3, -0.25) is 19.5 Å². The summed E-state index contributed by atoms with van der Waals surface area (Å²) in [7, 11) is 0. The third-order valence-electron chi connectivity index (χ3n) is 4.89. The van der Waals surface area contributed by atoms with Crippen molar-refractivity contribution < 1.29 is 14.3 Å². The Labute approximate surface area is 191 Å². The molecule has 3 aromatic rings. The summed E-state index contributed by atoms with van der Waals surface area (Å²) in [6.45, 7) is 4.06. The number of hydrogen-bond acceptors (Lipinski definition) is 5. The smallest absolute Gasteiger partial charge is 0.278 e. The molecule has 0 saturated carbocycles. The number of nitrogens with one attached hydrogen (secondary N) is 1. The highest BCUT2D eigenvalue weighted by atomic mass is 35.5. The molecule has 0 radical (unpaired) electrons. The largest absolute Gasteiger partial charge is 0.491 e. The molecule has 0 spiro atoms. The van der Waals surface area contributed by atoms with Crippen molar-refractivity contribution in [3.05, 3.63) is 94.9 Å². The van der Waals surface area contributed by atoms with Gasteiger partial charge in [-0.2, -0.15) is 0 Å². The molecule has 1 aliphatic heterocycles. The fourth-order valence-corrected chi connectivity index (χ4v) is 3.55. The molecule has 6 nitrogen and oxygen atoms in total. The first-order valence-electron chi connectivity index (χ1n) is 10.2. The Hall–Kier alpha value is -3.64. The highest BCUT2D eigenvalue weighted by Gasteiger charge is 2.39. The summed E-state index contributed by atoms with van der Waals surface area (Å²) in [5, 5.41) is 3.70. The van der Waals surface area contributed by atoms with E-state index in [9.17, 15) is 9.59 Å². The quantitative estimate of drug-likeness (QED) is 0.521. The number of hydrogen-bond donors (Lipinski definition) is 1. The molecule has 2 aromatic carbocycles. The van der Waals surface area contributed by atoms with E-state index < -0.39 is 0 Å². The number of carbonyl (C=O) groups is 2. The number of anilines is 1. The zero-order valence-corrected chi connectivity index (χ0v) is 18.5. The minimum atomic E-state index is -0.390. The molecular formula is C25H22ClN3O3. The number of nitrogens with zero attached hydrogens (tertiary/aromatic N) is 2. The van der Waals surface area contributed by atoms with Gasteiger partial charge >= 0.3 is 0 Å². The van der Waals surface area contributed by atoms with Gasteiger partial charge in [0, 0.05) is 23.1 Å². The van der Waals surface area contributed by atoms with Gasteiger partial charge in [0.15, 0.2) is 0 Å². The van der Waals surface area contributed by atoms with E-state index in [1.807, 2.05) is 38.1 Å². The molecule has 0 fully saturated rings. The van der Waals surface area contributed by atoms with Crippen LogP contribution in [-0.2, 0) is 16.1 Å². The predicted octanol–water partition coefficient (Wildman–Crippen LogP) is 4.91. The fraction of sp³-hybridized carbons (Fsp3) is 0.160. The van der Waals surface area contributed by atoms with Gasteiger partial charge in [-0.1, -0.05) is 23.7 Å². The van der Waals surface area contributed by atoms with Gasteiger partial charge in [-0.05, 0) is 73.5 Å². The van der Waals surface area contributed by atoms with E-state index in [2.05, 4.69) is 10.3 Å². The molecule has 162 valence electrons. The van der Waals surface area contributed by atoms with Gasteiger partial charge in [0.2, 0.25) is 0 Å². The summed E-state index contributed by atoms with van der Waals surface area (Å²) in [6.07, 6.45) is 3.32. The van der Waals surface area contributed by atoms with E-state index in [1.165, 1.54) is 4.90 Å². The standard InChI is InChI=1S/C25H22ClN3O3/c1-16(2)32-21-9-7-20(8-10-21)28-23-22(18-3-5-19(26)6-4-18)24(30)29(25(23)31)15-17-11-13-27-14-12-17/h3-14,16,28H,15H2,1-2H3. The molecule has 1 N–H and O–H groups in total. The van der Waals surface area contributed by atoms with E-state index in [0.717, 1.165) is 11.3 Å². The number of pyridine rings is 1. The SMILES string of the molecule is CC(C)Oc1ccc(NC2=C(c3ccc(Cl)cc3)C(=O)N(Cc3ccncc3)C2=O)cc1. The lowest BCUT2D eigenvalue weighted by Gasteiger charge is -2.15. The maximum Gasteiger partial charge on any atom is 0.278 e. The van der Waals surface area contributed by atoms with Gasteiger partial charge in [-0.15, -0.1) is 0 Å². The van der Waals surface area contributed by atoms with Gasteiger partial charge < -0.3 is 10.1 Å². The number of imide groups is 1. The zero-order valence-electron chi connectivity index (χ0n) is 17.7. The van der Waals surface area contributed by atoms with Crippen LogP contribution in [0.1, 0.15) is 25.0 Å². The lowest BCUT2D eigenvalue weighted by Crippen LogP contribution is -2.32. The van der Waals surface area contributed by atoms with Crippen LogP contribution in [0.2, 0.25) is 5.02 Å². The second kappa shape index (κ2) is 9.24. The number of rotatable bonds is 7. The molecule has 1 aliphatic rings. The average Bonchev–Trinajstić information content (AvgIpc) is 3.00. The van der Waals surface area contributed by atoms with Crippen molar-refractivity contribution in [2.24, 2.45) is 0 Å². The van der Waals surface area contributed by atoms with Gasteiger partial charge in [0.1, 0.15) is 11.4 Å². The first-order chi connectivity index (χ1) is 15.4. The normalized spacial score (nSPS) is 13.8. The average molecular weight is 448 g/mol. The van der Waals surface area contributed by atoms with E-state index in [1.54, 1.807) is 48.8 Å². The van der Waals surface area contributed by atoms with Gasteiger partial charge in [0.25, 0.3) is 11.8 Å². The Bertz CT molecular complexity index is 1160. The van der Waals surface area contributed by atoms with Crippen molar-refractivity contribution >= 4 is 34.7 Å². The number of ether oxygens (including phenoxy) is 1. The summed E-state index contributed by atoms with van der Waals surface area (Å²) in [4.78, 5) is 31.9. The second-order valence-electron chi connectivity index (χ2n) is 7.62. The van der Waals surface area contributed by atoms with Crippen molar-refractivity contribution in [1.29, 1.82) is 0 Å². The second-order valence-corrected chi connectivity index (χ2v) is 8.06. The van der Waals surface area contributed by atoms with Gasteiger partial charge in [0.05, 0.1) is 18.2 Å². The fourth-order valence-electron chi connectivity index (χ4n) is 3.42. The predicted molar refractivity (Wildman–Crippen MR) is 124 cm³/mol. The molecule has 4 rings (SSSR count). The zero-order chi connectivity index (χ0) is 22.7. The van der Waals surface area contributed by atoms with Crippen molar-refractivity contribution in [1.82, 2.24) is 9.88 Å². The molecule has 0 aliphatic carbocycles. The number of benzene rings is 2. The lowest BCUT2D eigenvalue weighted by molar-refractivity contribution is -0.137. The first kappa shape index (κ1) is 21.6. The molecular weight excluding hydrogens is 426 g/mol. The Morgan fingerprint density at radius 2 is 1.59 bits per heavy atom. The minimum Gasteiger partial charge on any atom is -0.491 e. The van der Waals surface area contributed by atoms with E-state index in [0.29, 0.717) is 21.8 Å². The Morgan fingerprint density at radius 3 is 2.22 bits per heavy atom. The Kier molecular flexibility index (Phi) is 6.23. The maximum absolute atomic E-state index is 13.3. The molecule has 2 amide bonds.